The third-order valence-electron chi connectivity index (χ3n) is 7.99. The zero-order valence-electron chi connectivity index (χ0n) is 25.1. The summed E-state index contributed by atoms with van der Waals surface area (Å²) in [5.74, 6) is -0.596. The molecular formula is C35H43ClN2O3. The van der Waals surface area contributed by atoms with E-state index in [1.54, 1.807) is 18.2 Å². The van der Waals surface area contributed by atoms with Gasteiger partial charge in [0.25, 0.3) is 5.91 Å². The van der Waals surface area contributed by atoms with E-state index in [4.69, 9.17) is 11.6 Å². The molecular weight excluding hydrogens is 532 g/mol. The van der Waals surface area contributed by atoms with Crippen molar-refractivity contribution in [2.45, 2.75) is 84.3 Å². The second-order valence-corrected chi connectivity index (χ2v) is 13.5. The van der Waals surface area contributed by atoms with Crippen LogP contribution in [-0.2, 0) is 16.6 Å². The first-order valence-electron chi connectivity index (χ1n) is 14.5. The van der Waals surface area contributed by atoms with Crippen molar-refractivity contribution < 1.29 is 14.7 Å². The molecule has 2 unspecified atom stereocenters. The molecule has 3 aromatic rings. The number of likely N-dealkylation sites (tertiary alicyclic amines) is 1. The lowest BCUT2D eigenvalue weighted by molar-refractivity contribution is -0.123. The molecule has 1 fully saturated rings. The first-order valence-corrected chi connectivity index (χ1v) is 14.9. The van der Waals surface area contributed by atoms with E-state index < -0.39 is 17.6 Å². The van der Waals surface area contributed by atoms with Crippen LogP contribution in [0.5, 0.6) is 0 Å². The van der Waals surface area contributed by atoms with Crippen LogP contribution in [0.15, 0.2) is 66.7 Å². The number of carbonyl (C=O) groups is 2. The van der Waals surface area contributed by atoms with Crippen molar-refractivity contribution in [2.75, 3.05) is 11.9 Å². The Morgan fingerprint density at radius 3 is 2.34 bits per heavy atom. The van der Waals surface area contributed by atoms with Crippen LogP contribution in [0.3, 0.4) is 0 Å². The van der Waals surface area contributed by atoms with Crippen LogP contribution < -0.4 is 5.32 Å². The van der Waals surface area contributed by atoms with Gasteiger partial charge in [0, 0.05) is 22.8 Å². The van der Waals surface area contributed by atoms with Crippen LogP contribution in [0.4, 0.5) is 5.69 Å². The maximum Gasteiger partial charge on any atom is 0.254 e. The van der Waals surface area contributed by atoms with Gasteiger partial charge in [0.2, 0.25) is 5.91 Å². The van der Waals surface area contributed by atoms with Crippen LogP contribution in [0.25, 0.3) is 0 Å². The zero-order chi connectivity index (χ0) is 29.9. The Labute approximate surface area is 249 Å². The van der Waals surface area contributed by atoms with E-state index in [1.165, 1.54) is 0 Å². The van der Waals surface area contributed by atoms with Crippen LogP contribution in [0.1, 0.15) is 92.5 Å². The molecule has 0 bridgehead atoms. The molecule has 0 radical (unpaired) electrons. The molecule has 2 atom stereocenters. The second kappa shape index (κ2) is 12.4. The number of aryl methyl sites for hydroxylation is 2. The highest BCUT2D eigenvalue weighted by atomic mass is 35.5. The molecule has 0 aliphatic carbocycles. The number of anilines is 1. The van der Waals surface area contributed by atoms with Gasteiger partial charge in [-0.2, -0.15) is 0 Å². The van der Waals surface area contributed by atoms with Gasteiger partial charge in [-0.25, -0.2) is 0 Å². The lowest BCUT2D eigenvalue weighted by Gasteiger charge is -2.41. The Kier molecular flexibility index (Phi) is 9.30. The molecule has 4 rings (SSSR count). The number of nitrogens with one attached hydrogen (secondary N) is 1. The van der Waals surface area contributed by atoms with Gasteiger partial charge in [-0.15, -0.1) is 0 Å². The number of hydrogen-bond donors (Lipinski definition) is 2. The van der Waals surface area contributed by atoms with E-state index >= 15 is 0 Å². The van der Waals surface area contributed by atoms with Gasteiger partial charge in [0.15, 0.2) is 0 Å². The summed E-state index contributed by atoms with van der Waals surface area (Å²) in [4.78, 5) is 29.8. The van der Waals surface area contributed by atoms with Gasteiger partial charge < -0.3 is 15.3 Å². The topological polar surface area (TPSA) is 69.6 Å². The Hall–Kier alpha value is -3.15. The monoisotopic (exact) mass is 574 g/mol. The molecule has 2 amide bonds. The minimum atomic E-state index is -0.741. The van der Waals surface area contributed by atoms with Crippen LogP contribution in [-0.4, -0.2) is 34.0 Å². The maximum absolute atomic E-state index is 14.0. The molecule has 2 N–H and O–H groups in total. The van der Waals surface area contributed by atoms with Gasteiger partial charge in [0.1, 0.15) is 0 Å². The number of halogens is 1. The SMILES string of the molecule is Cc1cc(Cl)ccc1C(=O)N1CCCC(C(=O)Nc2cccc(C(C)(C)C)c2)C1c1ccc(CCC(C)(C)O)cc1. The molecule has 1 aliphatic rings. The fourth-order valence-electron chi connectivity index (χ4n) is 5.56. The standard InChI is InChI=1S/C35H43ClN2O3/c1-23-21-27(36)16-17-29(23)33(40)38-20-8-11-30(32(39)37-28-10-7-9-26(22-28)34(2,3)4)31(38)25-14-12-24(13-15-25)18-19-35(5,6)41/h7,9-10,12-17,21-22,30-31,41H,8,11,18-20H2,1-6H3,(H,37,39). The van der Waals surface area contributed by atoms with Gasteiger partial charge in [0.05, 0.1) is 17.6 Å². The van der Waals surface area contributed by atoms with Gasteiger partial charge in [-0.05, 0) is 104 Å². The van der Waals surface area contributed by atoms with E-state index in [2.05, 4.69) is 32.2 Å². The lowest BCUT2D eigenvalue weighted by atomic mass is 9.82. The number of nitrogens with zero attached hydrogens (tertiary/aromatic N) is 1. The van der Waals surface area contributed by atoms with Gasteiger partial charge in [-0.1, -0.05) is 68.8 Å². The molecule has 5 nitrogen and oxygen atoms in total. The van der Waals surface area contributed by atoms with Crippen molar-refractivity contribution in [1.82, 2.24) is 4.90 Å². The highest BCUT2D eigenvalue weighted by molar-refractivity contribution is 6.30. The quantitative estimate of drug-likeness (QED) is 0.301. The molecule has 41 heavy (non-hydrogen) atoms. The predicted molar refractivity (Wildman–Crippen MR) is 168 cm³/mol. The largest absolute Gasteiger partial charge is 0.390 e. The second-order valence-electron chi connectivity index (χ2n) is 13.0. The molecule has 1 aliphatic heterocycles. The average Bonchev–Trinajstić information content (AvgIpc) is 2.91. The maximum atomic E-state index is 14.0. The van der Waals surface area contributed by atoms with E-state index in [-0.39, 0.29) is 17.2 Å². The van der Waals surface area contributed by atoms with Crippen molar-refractivity contribution in [3.8, 4) is 0 Å². The number of amides is 2. The fraction of sp³-hybridized carbons (Fsp3) is 0.429. The minimum Gasteiger partial charge on any atom is -0.390 e. The average molecular weight is 575 g/mol. The predicted octanol–water partition coefficient (Wildman–Crippen LogP) is 7.88. The number of carbonyl (C=O) groups excluding carboxylic acids is 2. The van der Waals surface area contributed by atoms with Gasteiger partial charge >= 0.3 is 0 Å². The van der Waals surface area contributed by atoms with Crippen molar-refractivity contribution in [3.05, 3.63) is 99.6 Å². The van der Waals surface area contributed by atoms with Crippen molar-refractivity contribution in [3.63, 3.8) is 0 Å². The summed E-state index contributed by atoms with van der Waals surface area (Å²) in [5, 5.41) is 13.9. The smallest absolute Gasteiger partial charge is 0.254 e. The summed E-state index contributed by atoms with van der Waals surface area (Å²) in [6.45, 7) is 12.5. The summed E-state index contributed by atoms with van der Waals surface area (Å²) >= 11 is 6.19. The van der Waals surface area contributed by atoms with Crippen molar-refractivity contribution >= 4 is 29.1 Å². The summed E-state index contributed by atoms with van der Waals surface area (Å²) in [5.41, 5.74) is 4.58. The highest BCUT2D eigenvalue weighted by Crippen LogP contribution is 2.39. The molecule has 0 aromatic heterocycles. The third-order valence-corrected chi connectivity index (χ3v) is 8.23. The third kappa shape index (κ3) is 7.78. The van der Waals surface area contributed by atoms with Crippen LogP contribution >= 0.6 is 11.6 Å². The Morgan fingerprint density at radius 1 is 1.00 bits per heavy atom. The molecule has 6 heteroatoms. The minimum absolute atomic E-state index is 0.0409. The Balaban J connectivity index is 1.68. The molecule has 1 heterocycles. The van der Waals surface area contributed by atoms with E-state index in [1.807, 2.05) is 68.1 Å². The summed E-state index contributed by atoms with van der Waals surface area (Å²) < 4.78 is 0. The number of piperidine rings is 1. The van der Waals surface area contributed by atoms with Crippen molar-refractivity contribution in [2.24, 2.45) is 5.92 Å². The number of rotatable bonds is 7. The Bertz CT molecular complexity index is 1390. The zero-order valence-corrected chi connectivity index (χ0v) is 25.9. The molecule has 3 aromatic carbocycles. The van der Waals surface area contributed by atoms with Crippen LogP contribution in [0.2, 0.25) is 5.02 Å². The summed E-state index contributed by atoms with van der Waals surface area (Å²) in [7, 11) is 0. The van der Waals surface area contributed by atoms with E-state index in [9.17, 15) is 14.7 Å². The summed E-state index contributed by atoms with van der Waals surface area (Å²) in [6.07, 6.45) is 2.81. The highest BCUT2D eigenvalue weighted by Gasteiger charge is 2.40. The number of hydrogen-bond acceptors (Lipinski definition) is 3. The molecule has 218 valence electrons. The normalized spacial score (nSPS) is 17.8. The lowest BCUT2D eigenvalue weighted by Crippen LogP contribution is -2.46. The van der Waals surface area contributed by atoms with Crippen LogP contribution in [0, 0.1) is 12.8 Å². The number of benzene rings is 3. The first-order chi connectivity index (χ1) is 19.2. The number of aliphatic hydroxyl groups is 1. The summed E-state index contributed by atoms with van der Waals surface area (Å²) in [6, 6.07) is 21.1. The molecule has 0 saturated carbocycles. The van der Waals surface area contributed by atoms with E-state index in [0.29, 0.717) is 30.0 Å². The van der Waals surface area contributed by atoms with Crippen molar-refractivity contribution in [1.29, 1.82) is 0 Å². The first kappa shape index (κ1) is 30.8. The van der Waals surface area contributed by atoms with Gasteiger partial charge in [-0.3, -0.25) is 9.59 Å². The van der Waals surface area contributed by atoms with E-state index in [0.717, 1.165) is 40.8 Å². The Morgan fingerprint density at radius 2 is 1.71 bits per heavy atom. The fourth-order valence-corrected chi connectivity index (χ4v) is 5.79. The molecule has 0 spiro atoms. The molecule has 1 saturated heterocycles.